The van der Waals surface area contributed by atoms with Crippen LogP contribution in [-0.2, 0) is 4.79 Å². The second-order valence-corrected chi connectivity index (χ2v) is 4.62. The van der Waals surface area contributed by atoms with E-state index < -0.39 is 0 Å². The molecule has 0 unspecified atom stereocenters. The smallest absolute Gasteiger partial charge is 0.147 e. The molecule has 0 spiro atoms. The number of phenols is 2. The van der Waals surface area contributed by atoms with Crippen LogP contribution < -0.4 is 0 Å². The summed E-state index contributed by atoms with van der Waals surface area (Å²) >= 11 is 6.09. The highest BCUT2D eigenvalue weighted by Crippen LogP contribution is 2.37. The van der Waals surface area contributed by atoms with Crippen molar-refractivity contribution in [2.24, 2.45) is 0 Å². The monoisotopic (exact) mass is 352 g/mol. The number of hydrogen-bond acceptors (Lipinski definition) is 3. The molecule has 0 aliphatic carbocycles. The minimum absolute atomic E-state index is 0.0139. The van der Waals surface area contributed by atoms with Gasteiger partial charge in [-0.05, 0) is 44.0 Å². The molecule has 0 atom stereocenters. The molecule has 0 amide bonds. The molecule has 0 aromatic heterocycles. The zero-order valence-corrected chi connectivity index (χ0v) is 12.3. The van der Waals surface area contributed by atoms with Crippen LogP contribution in [0.2, 0.25) is 0 Å². The van der Waals surface area contributed by atoms with Crippen LogP contribution in [0.15, 0.2) is 21.1 Å². The molecular weight excluding hydrogens is 340 g/mol. The normalized spacial score (nSPS) is 9.25. The standard InChI is InChI=1S/C6H4Br2O2.C5H10O/c7-3-1-2-4(9)5(8)6(3)10;1-3-5(6)4-2/h1-2,9-10H;3-4H2,1-2H3. The highest BCUT2D eigenvalue weighted by atomic mass is 79.9. The van der Waals surface area contributed by atoms with E-state index in [1.807, 2.05) is 13.8 Å². The van der Waals surface area contributed by atoms with E-state index in [0.717, 1.165) is 0 Å². The summed E-state index contributed by atoms with van der Waals surface area (Å²) in [5, 5.41) is 18.1. The first kappa shape index (κ1) is 15.4. The third-order valence-corrected chi connectivity index (χ3v) is 3.26. The molecule has 1 aromatic carbocycles. The molecule has 16 heavy (non-hydrogen) atoms. The van der Waals surface area contributed by atoms with Crippen molar-refractivity contribution in [1.82, 2.24) is 0 Å². The highest BCUT2D eigenvalue weighted by molar-refractivity contribution is 9.11. The van der Waals surface area contributed by atoms with Crippen LogP contribution in [0.4, 0.5) is 0 Å². The quantitative estimate of drug-likeness (QED) is 0.844. The Morgan fingerprint density at radius 1 is 1.19 bits per heavy atom. The number of hydrogen-bond donors (Lipinski definition) is 2. The summed E-state index contributed by atoms with van der Waals surface area (Å²) in [7, 11) is 0. The molecule has 1 aromatic rings. The zero-order chi connectivity index (χ0) is 12.7. The maximum atomic E-state index is 10.2. The van der Waals surface area contributed by atoms with E-state index in [2.05, 4.69) is 31.9 Å². The van der Waals surface area contributed by atoms with Gasteiger partial charge in [0.05, 0.1) is 4.47 Å². The van der Waals surface area contributed by atoms with Crippen molar-refractivity contribution in [3.05, 3.63) is 21.1 Å². The predicted molar refractivity (Wildman–Crippen MR) is 70.8 cm³/mol. The van der Waals surface area contributed by atoms with E-state index in [-0.39, 0.29) is 11.5 Å². The lowest BCUT2D eigenvalue weighted by Gasteiger charge is -2.00. The van der Waals surface area contributed by atoms with Gasteiger partial charge in [0, 0.05) is 12.8 Å². The Morgan fingerprint density at radius 2 is 1.69 bits per heavy atom. The molecule has 0 bridgehead atoms. The van der Waals surface area contributed by atoms with Gasteiger partial charge in [0.1, 0.15) is 21.8 Å². The van der Waals surface area contributed by atoms with E-state index in [1.165, 1.54) is 6.07 Å². The van der Waals surface area contributed by atoms with Gasteiger partial charge in [0.2, 0.25) is 0 Å². The molecule has 0 saturated heterocycles. The molecule has 3 nitrogen and oxygen atoms in total. The van der Waals surface area contributed by atoms with Gasteiger partial charge in [-0.15, -0.1) is 0 Å². The van der Waals surface area contributed by atoms with E-state index in [1.54, 1.807) is 6.07 Å². The lowest BCUT2D eigenvalue weighted by molar-refractivity contribution is -0.118. The molecular formula is C11H14Br2O3. The molecule has 1 rings (SSSR count). The molecule has 0 saturated carbocycles. The van der Waals surface area contributed by atoms with Crippen molar-refractivity contribution in [2.45, 2.75) is 26.7 Å². The van der Waals surface area contributed by atoms with Gasteiger partial charge < -0.3 is 10.2 Å². The molecule has 0 heterocycles. The van der Waals surface area contributed by atoms with E-state index >= 15 is 0 Å². The number of ketones is 1. The Kier molecular flexibility index (Phi) is 7.42. The second-order valence-electron chi connectivity index (χ2n) is 2.97. The van der Waals surface area contributed by atoms with Gasteiger partial charge in [-0.3, -0.25) is 4.79 Å². The van der Waals surface area contributed by atoms with E-state index in [4.69, 9.17) is 10.2 Å². The Morgan fingerprint density at radius 3 is 2.00 bits per heavy atom. The van der Waals surface area contributed by atoms with Crippen LogP contribution >= 0.6 is 31.9 Å². The summed E-state index contributed by atoms with van der Waals surface area (Å²) in [5.74, 6) is 0.385. The number of carbonyl (C=O) groups is 1. The fraction of sp³-hybridized carbons (Fsp3) is 0.364. The second kappa shape index (κ2) is 7.68. The van der Waals surface area contributed by atoms with Gasteiger partial charge in [0.15, 0.2) is 0 Å². The maximum Gasteiger partial charge on any atom is 0.147 e. The minimum Gasteiger partial charge on any atom is -0.507 e. The largest absolute Gasteiger partial charge is 0.507 e. The fourth-order valence-corrected chi connectivity index (χ4v) is 1.72. The lowest BCUT2D eigenvalue weighted by atomic mass is 10.3. The first-order valence-electron chi connectivity index (χ1n) is 4.81. The third-order valence-electron chi connectivity index (χ3n) is 1.84. The fourth-order valence-electron chi connectivity index (χ4n) is 0.780. The van der Waals surface area contributed by atoms with Crippen molar-refractivity contribution in [3.8, 4) is 11.5 Å². The Hall–Kier alpha value is -0.550. The Labute approximate surface area is 112 Å². The summed E-state index contributed by atoms with van der Waals surface area (Å²) in [4.78, 5) is 10.2. The van der Waals surface area contributed by atoms with Crippen molar-refractivity contribution in [1.29, 1.82) is 0 Å². The van der Waals surface area contributed by atoms with Gasteiger partial charge in [-0.25, -0.2) is 0 Å². The summed E-state index contributed by atoms with van der Waals surface area (Å²) < 4.78 is 0.860. The molecule has 0 radical (unpaired) electrons. The first-order chi connectivity index (χ1) is 7.43. The van der Waals surface area contributed by atoms with Crippen LogP contribution in [0.5, 0.6) is 11.5 Å². The number of phenolic OH excluding ortho intramolecular Hbond substituents is 2. The lowest BCUT2D eigenvalue weighted by Crippen LogP contribution is -1.88. The van der Waals surface area contributed by atoms with Crippen LogP contribution in [0, 0.1) is 0 Å². The molecule has 0 aliphatic heterocycles. The third kappa shape index (κ3) is 4.99. The number of rotatable bonds is 2. The molecule has 5 heteroatoms. The van der Waals surface area contributed by atoms with Crippen molar-refractivity contribution >= 4 is 37.6 Å². The zero-order valence-electron chi connectivity index (χ0n) is 9.13. The van der Waals surface area contributed by atoms with Crippen molar-refractivity contribution in [3.63, 3.8) is 0 Å². The molecule has 0 fully saturated rings. The molecule has 0 aliphatic rings. The van der Waals surface area contributed by atoms with Crippen LogP contribution in [0.25, 0.3) is 0 Å². The molecule has 90 valence electrons. The average molecular weight is 354 g/mol. The Bertz CT molecular complexity index is 331. The summed E-state index contributed by atoms with van der Waals surface area (Å²) in [6.07, 6.45) is 1.38. The van der Waals surface area contributed by atoms with E-state index in [9.17, 15) is 4.79 Å². The van der Waals surface area contributed by atoms with Crippen molar-refractivity contribution < 1.29 is 15.0 Å². The maximum absolute atomic E-state index is 10.2. The first-order valence-corrected chi connectivity index (χ1v) is 6.40. The predicted octanol–water partition coefficient (Wildman–Crippen LogP) is 4.00. The number of benzene rings is 1. The minimum atomic E-state index is 0.0139. The van der Waals surface area contributed by atoms with Gasteiger partial charge in [0.25, 0.3) is 0 Å². The van der Waals surface area contributed by atoms with Gasteiger partial charge in [-0.1, -0.05) is 13.8 Å². The van der Waals surface area contributed by atoms with E-state index in [0.29, 0.717) is 27.6 Å². The highest BCUT2D eigenvalue weighted by Gasteiger charge is 2.06. The van der Waals surface area contributed by atoms with Gasteiger partial charge in [-0.2, -0.15) is 0 Å². The van der Waals surface area contributed by atoms with Crippen molar-refractivity contribution in [2.75, 3.05) is 0 Å². The summed E-state index contributed by atoms with van der Waals surface area (Å²) in [5.41, 5.74) is 0. The average Bonchev–Trinajstić information content (AvgIpc) is 2.31. The van der Waals surface area contributed by atoms with Crippen LogP contribution in [0.1, 0.15) is 26.7 Å². The SMILES string of the molecule is CCC(=O)CC.Oc1ccc(Br)c(O)c1Br. The number of halogens is 2. The number of aromatic hydroxyl groups is 2. The number of Topliss-reactive ketones (excluding diaryl/α,β-unsaturated/α-hetero) is 1. The topological polar surface area (TPSA) is 57.5 Å². The number of carbonyl (C=O) groups excluding carboxylic acids is 1. The summed E-state index contributed by atoms with van der Waals surface area (Å²) in [6, 6.07) is 3.04. The van der Waals surface area contributed by atoms with Gasteiger partial charge >= 0.3 is 0 Å². The Balaban J connectivity index is 0.000000325. The molecule has 2 N–H and O–H groups in total. The van der Waals surface area contributed by atoms with Crippen LogP contribution in [-0.4, -0.2) is 16.0 Å². The van der Waals surface area contributed by atoms with Crippen LogP contribution in [0.3, 0.4) is 0 Å². The summed E-state index contributed by atoms with van der Waals surface area (Å²) in [6.45, 7) is 3.76.